The van der Waals surface area contributed by atoms with Gasteiger partial charge in [0.25, 0.3) is 30.4 Å². The zero-order valence-electron chi connectivity index (χ0n) is 35.8. The van der Waals surface area contributed by atoms with Gasteiger partial charge < -0.3 is 24.4 Å². The first-order valence-electron chi connectivity index (χ1n) is 20.0. The van der Waals surface area contributed by atoms with Crippen LogP contribution in [0.1, 0.15) is 111 Å². The predicted octanol–water partition coefficient (Wildman–Crippen LogP) is 7.18. The van der Waals surface area contributed by atoms with E-state index in [2.05, 4.69) is 9.80 Å². The average Bonchev–Trinajstić information content (AvgIpc) is 3.49. The van der Waals surface area contributed by atoms with Crippen LogP contribution in [0.5, 0.6) is 0 Å². The van der Waals surface area contributed by atoms with E-state index >= 15 is 0 Å². The highest BCUT2D eigenvalue weighted by Crippen LogP contribution is 2.55. The first-order chi connectivity index (χ1) is 27.5. The zero-order valence-corrected chi connectivity index (χ0v) is 38.3. The zero-order chi connectivity index (χ0) is 45.1. The van der Waals surface area contributed by atoms with Gasteiger partial charge in [0.15, 0.2) is 0 Å². The summed E-state index contributed by atoms with van der Waals surface area (Å²) in [5.74, 6) is -1.42. The minimum absolute atomic E-state index is 0.0200. The Morgan fingerprint density at radius 3 is 1.97 bits per heavy atom. The third-order valence-corrected chi connectivity index (χ3v) is 14.2. The van der Waals surface area contributed by atoms with E-state index in [9.17, 15) is 48.8 Å². The molecule has 0 saturated carbocycles. The summed E-state index contributed by atoms with van der Waals surface area (Å²) in [5.41, 5.74) is 0.424. The van der Waals surface area contributed by atoms with E-state index in [1.54, 1.807) is 19.2 Å². The molecule has 2 aliphatic rings. The van der Waals surface area contributed by atoms with Crippen LogP contribution in [0.4, 0.5) is 11.4 Å². The number of fused-ring (bicyclic) bond motifs is 2. The predicted molar refractivity (Wildman–Crippen MR) is 231 cm³/mol. The maximum Gasteiger partial charge on any atom is 0.303 e. The fourth-order valence-electron chi connectivity index (χ4n) is 8.52. The van der Waals surface area contributed by atoms with Gasteiger partial charge in [-0.25, -0.2) is 0 Å². The van der Waals surface area contributed by atoms with Crippen molar-refractivity contribution in [1.29, 1.82) is 0 Å². The normalized spacial score (nSPS) is 21.9. The summed E-state index contributed by atoms with van der Waals surface area (Å²) in [7, 11) is -12.0. The van der Waals surface area contributed by atoms with Gasteiger partial charge in [0.05, 0.1) is 27.2 Å². The lowest BCUT2D eigenvalue weighted by Crippen LogP contribution is -2.45. The number of carboxylic acids is 1. The molecule has 2 heterocycles. The molecule has 4 rings (SSSR count). The minimum atomic E-state index is -4.63. The lowest BCUT2D eigenvalue weighted by atomic mass is 9.75. The van der Waals surface area contributed by atoms with Crippen LogP contribution in [0.2, 0.25) is 0 Å². The van der Waals surface area contributed by atoms with E-state index in [1.165, 1.54) is 24.3 Å². The molecular formula is C42H62N2O13S3. The Hall–Kier alpha value is -3.36. The molecule has 18 heteroatoms. The molecule has 2 aliphatic heterocycles. The largest absolute Gasteiger partial charge is 0.481 e. The number of allylic oxidation sites excluding steroid dienone is 3. The third-order valence-electron chi connectivity index (χ3n) is 11.7. The monoisotopic (exact) mass is 898 g/mol. The number of carboxylic acid groups (broad SMARTS) is 1. The summed E-state index contributed by atoms with van der Waals surface area (Å²) in [6.07, 6.45) is 8.71. The Bertz CT molecular complexity index is 2280. The van der Waals surface area contributed by atoms with Crippen LogP contribution >= 0.6 is 0 Å². The first kappa shape index (κ1) is 49.3. The van der Waals surface area contributed by atoms with Crippen LogP contribution in [0, 0.1) is 0 Å². The summed E-state index contributed by atoms with van der Waals surface area (Å²) in [6, 6.07) is 8.47. The molecule has 0 saturated heterocycles. The highest BCUT2D eigenvalue weighted by molar-refractivity contribution is 7.86. The molecule has 15 nitrogen and oxygen atoms in total. The van der Waals surface area contributed by atoms with Crippen LogP contribution in [0.3, 0.4) is 0 Å². The molecular weight excluding hydrogens is 837 g/mol. The van der Waals surface area contributed by atoms with Crippen molar-refractivity contribution in [3.63, 3.8) is 0 Å². The van der Waals surface area contributed by atoms with E-state index in [0.29, 0.717) is 74.4 Å². The molecule has 0 aromatic heterocycles. The summed E-state index contributed by atoms with van der Waals surface area (Å²) < 4.78 is 115. The molecule has 0 radical (unpaired) electrons. The van der Waals surface area contributed by atoms with Crippen molar-refractivity contribution in [2.75, 3.05) is 42.4 Å². The van der Waals surface area contributed by atoms with Crippen molar-refractivity contribution >= 4 is 47.7 Å². The van der Waals surface area contributed by atoms with Crippen molar-refractivity contribution in [2.24, 2.45) is 0 Å². The second-order valence-corrected chi connectivity index (χ2v) is 22.2. The number of hydrogen-bond donors (Lipinski definition) is 4. The number of methoxy groups -OCH3 is 1. The van der Waals surface area contributed by atoms with Gasteiger partial charge in [-0.3, -0.25) is 18.5 Å². The van der Waals surface area contributed by atoms with Crippen molar-refractivity contribution in [3.8, 4) is 0 Å². The van der Waals surface area contributed by atoms with Crippen LogP contribution < -0.4 is 9.80 Å². The quantitative estimate of drug-likeness (QED) is 0.0719. The standard InChI is InChI=1S/C42H62N2O13S3/c1-39(2,3)57-26-22-40(4,5)44-35-20-18-31(60(53,54)55)29-33(35)41(6,21-13-27-58(47,48)49)37(44)15-12-14-36-42(7,23-25-56-8)32-28-30(59(50,51)52)17-19-34(32)43(36)24-11-9-10-16-38(45)46/h12,14-15,17-20,28-29,36H,9-11,13,16,21-27H2,1-8H3,(H,45,46)(H,47,48,49)(H,50,51,52)(H,53,54,55)/b14-12+,37-15+. The fourth-order valence-corrected chi connectivity index (χ4v) is 10.0. The third kappa shape index (κ3) is 11.8. The molecule has 60 heavy (non-hydrogen) atoms. The van der Waals surface area contributed by atoms with Gasteiger partial charge in [0.2, 0.25) is 0 Å². The minimum Gasteiger partial charge on any atom is -0.481 e. The van der Waals surface area contributed by atoms with Gasteiger partial charge in [0, 0.05) is 66.7 Å². The molecule has 0 spiro atoms. The number of rotatable bonds is 21. The van der Waals surface area contributed by atoms with Crippen molar-refractivity contribution < 1.29 is 58.3 Å². The highest BCUT2D eigenvalue weighted by Gasteiger charge is 2.49. The number of carbonyl (C=O) groups is 1. The number of aliphatic carboxylic acids is 1. The molecule has 3 unspecified atom stereocenters. The van der Waals surface area contributed by atoms with Crippen molar-refractivity contribution in [2.45, 2.75) is 138 Å². The molecule has 2 aromatic carbocycles. The molecule has 4 N–H and O–H groups in total. The molecule has 3 atom stereocenters. The van der Waals surface area contributed by atoms with Gasteiger partial charge in [-0.05, 0) is 134 Å². The van der Waals surface area contributed by atoms with Crippen molar-refractivity contribution in [3.05, 3.63) is 71.5 Å². The number of anilines is 2. The molecule has 0 bridgehead atoms. The molecule has 0 aliphatic carbocycles. The SMILES string of the molecule is COCCC1(C)c2cc(S(=O)(=O)O)ccc2N(CCCCCC(=O)O)C1/C=C/C=C1/N(C(C)(C)CCOC(C)(C)C)c2ccc(S(=O)(=O)O)cc2C1(C)CCCS(=O)(=O)O. The van der Waals surface area contributed by atoms with Gasteiger partial charge in [-0.1, -0.05) is 25.5 Å². The Labute approximate surface area is 356 Å². The van der Waals surface area contributed by atoms with E-state index in [-0.39, 0.29) is 29.1 Å². The number of benzene rings is 2. The number of hydrogen-bond acceptors (Lipinski definition) is 11. The maximum atomic E-state index is 12.5. The summed E-state index contributed by atoms with van der Waals surface area (Å²) in [4.78, 5) is 14.9. The van der Waals surface area contributed by atoms with E-state index in [4.69, 9.17) is 9.47 Å². The lowest BCUT2D eigenvalue weighted by Gasteiger charge is -2.42. The fraction of sp³-hybridized carbons (Fsp3) is 0.595. The van der Waals surface area contributed by atoms with E-state index in [1.807, 2.05) is 66.7 Å². The number of ether oxygens (including phenoxy) is 2. The molecule has 0 amide bonds. The van der Waals surface area contributed by atoms with Crippen LogP contribution in [-0.2, 0) is 55.5 Å². The van der Waals surface area contributed by atoms with Gasteiger partial charge >= 0.3 is 5.97 Å². The van der Waals surface area contributed by atoms with Crippen LogP contribution in [-0.4, -0.2) is 99.8 Å². The van der Waals surface area contributed by atoms with Gasteiger partial charge in [-0.15, -0.1) is 0 Å². The summed E-state index contributed by atoms with van der Waals surface area (Å²) in [5, 5.41) is 9.20. The van der Waals surface area contributed by atoms with Crippen LogP contribution in [0.25, 0.3) is 0 Å². The van der Waals surface area contributed by atoms with E-state index < -0.39 is 70.1 Å². The maximum absolute atomic E-state index is 12.5. The smallest absolute Gasteiger partial charge is 0.303 e. The Morgan fingerprint density at radius 1 is 0.817 bits per heavy atom. The topological polar surface area (TPSA) is 225 Å². The second kappa shape index (κ2) is 18.5. The first-order valence-corrected chi connectivity index (χ1v) is 24.5. The second-order valence-electron chi connectivity index (χ2n) is 17.8. The Balaban J connectivity index is 1.94. The van der Waals surface area contributed by atoms with Crippen LogP contribution in [0.15, 0.2) is 70.1 Å². The van der Waals surface area contributed by atoms with E-state index in [0.717, 1.165) is 5.69 Å². The molecule has 336 valence electrons. The summed E-state index contributed by atoms with van der Waals surface area (Å²) >= 11 is 0. The lowest BCUT2D eigenvalue weighted by molar-refractivity contribution is -0.137. The van der Waals surface area contributed by atoms with Gasteiger partial charge in [0.1, 0.15) is 0 Å². The average molecular weight is 899 g/mol. The highest BCUT2D eigenvalue weighted by atomic mass is 32.2. The summed E-state index contributed by atoms with van der Waals surface area (Å²) in [6.45, 7) is 15.0. The Kier molecular flexibility index (Phi) is 15.2. The van der Waals surface area contributed by atoms with Crippen molar-refractivity contribution in [1.82, 2.24) is 0 Å². The van der Waals surface area contributed by atoms with Gasteiger partial charge in [-0.2, -0.15) is 25.3 Å². The molecule has 0 fully saturated rings. The number of nitrogens with zero attached hydrogens (tertiary/aromatic N) is 2. The number of unbranched alkanes of at least 4 members (excludes halogenated alkanes) is 2. The molecule has 2 aromatic rings. The Morgan fingerprint density at radius 2 is 1.42 bits per heavy atom.